The number of carbonyl (C=O) groups is 3. The quantitative estimate of drug-likeness (QED) is 0.523. The molecular weight excluding hydrogens is 438 g/mol. The predicted molar refractivity (Wildman–Crippen MR) is 137 cm³/mol. The van der Waals surface area contributed by atoms with Gasteiger partial charge >= 0.3 is 0 Å². The zero-order valence-electron chi connectivity index (χ0n) is 20.3. The molecule has 3 heterocycles. The predicted octanol–water partition coefficient (Wildman–Crippen LogP) is 4.23. The van der Waals surface area contributed by atoms with Gasteiger partial charge in [-0.2, -0.15) is 0 Å². The monoisotopic (exact) mass is 469 g/mol. The van der Waals surface area contributed by atoms with E-state index in [0.717, 1.165) is 16.5 Å². The third kappa shape index (κ3) is 5.14. The van der Waals surface area contributed by atoms with Crippen LogP contribution in [-0.4, -0.2) is 46.1 Å². The van der Waals surface area contributed by atoms with Crippen molar-refractivity contribution in [3.8, 4) is 12.3 Å². The first-order valence-electron chi connectivity index (χ1n) is 12.1. The lowest BCUT2D eigenvalue weighted by atomic mass is 9.79. The third-order valence-electron chi connectivity index (χ3n) is 7.00. The van der Waals surface area contributed by atoms with E-state index in [-0.39, 0.29) is 23.5 Å². The van der Waals surface area contributed by atoms with Crippen molar-refractivity contribution in [1.29, 1.82) is 0 Å². The Labute approximate surface area is 206 Å². The number of aromatic nitrogens is 1. The Morgan fingerprint density at radius 3 is 2.43 bits per heavy atom. The lowest BCUT2D eigenvalue weighted by Gasteiger charge is -2.41. The lowest BCUT2D eigenvalue weighted by molar-refractivity contribution is -0.133. The number of ketones is 1. The number of aryl methyl sites for hydroxylation is 1. The van der Waals surface area contributed by atoms with Gasteiger partial charge in [0.05, 0.1) is 0 Å². The summed E-state index contributed by atoms with van der Waals surface area (Å²) >= 11 is 0. The highest BCUT2D eigenvalue weighted by molar-refractivity contribution is 6.00. The van der Waals surface area contributed by atoms with Crippen LogP contribution >= 0.6 is 0 Å². The fourth-order valence-corrected chi connectivity index (χ4v) is 4.91. The molecule has 2 aliphatic rings. The molecule has 35 heavy (non-hydrogen) atoms. The molecule has 2 amide bonds. The lowest BCUT2D eigenvalue weighted by Crippen LogP contribution is -2.60. The SMILES string of the molecule is C#Cc1cccc2[nH]c(C(=O)N3CCC4(CC3)NC(=O)CCC(C)C4=O)cc12.Cc1ccccc1. The minimum atomic E-state index is -0.832. The average molecular weight is 470 g/mol. The number of nitrogens with one attached hydrogen (secondary N) is 2. The topological polar surface area (TPSA) is 82.3 Å². The van der Waals surface area contributed by atoms with Crippen molar-refractivity contribution in [3.63, 3.8) is 0 Å². The van der Waals surface area contributed by atoms with E-state index in [9.17, 15) is 14.4 Å². The summed E-state index contributed by atoms with van der Waals surface area (Å²) < 4.78 is 0. The molecule has 1 aromatic heterocycles. The fourth-order valence-electron chi connectivity index (χ4n) is 4.91. The van der Waals surface area contributed by atoms with E-state index in [4.69, 9.17) is 6.42 Å². The molecule has 6 heteroatoms. The number of H-pyrrole nitrogens is 1. The summed E-state index contributed by atoms with van der Waals surface area (Å²) in [6, 6.07) is 17.6. The molecule has 1 atom stereocenters. The molecule has 0 saturated carbocycles. The molecule has 5 rings (SSSR count). The highest BCUT2D eigenvalue weighted by Gasteiger charge is 2.46. The first kappa shape index (κ1) is 24.3. The van der Waals surface area contributed by atoms with Crippen LogP contribution in [0.1, 0.15) is 54.2 Å². The van der Waals surface area contributed by atoms with E-state index >= 15 is 0 Å². The number of carbonyl (C=O) groups excluding carboxylic acids is 3. The Morgan fingerprint density at radius 2 is 1.80 bits per heavy atom. The van der Waals surface area contributed by atoms with Gasteiger partial charge in [-0.05, 0) is 44.4 Å². The van der Waals surface area contributed by atoms with Crippen molar-refractivity contribution in [3.05, 3.63) is 71.4 Å². The van der Waals surface area contributed by atoms with E-state index in [1.807, 2.05) is 43.3 Å². The molecule has 2 fully saturated rings. The van der Waals surface area contributed by atoms with E-state index in [1.54, 1.807) is 11.0 Å². The zero-order valence-corrected chi connectivity index (χ0v) is 20.3. The molecule has 1 spiro atoms. The van der Waals surface area contributed by atoms with Gasteiger partial charge in [0.1, 0.15) is 11.2 Å². The molecule has 0 aliphatic carbocycles. The van der Waals surface area contributed by atoms with Crippen molar-refractivity contribution in [2.45, 2.75) is 45.1 Å². The van der Waals surface area contributed by atoms with Crippen molar-refractivity contribution in [2.75, 3.05) is 13.1 Å². The second-order valence-corrected chi connectivity index (χ2v) is 9.48. The van der Waals surface area contributed by atoms with Crippen LogP contribution in [0, 0.1) is 25.2 Å². The maximum Gasteiger partial charge on any atom is 0.270 e. The van der Waals surface area contributed by atoms with E-state index in [1.165, 1.54) is 5.56 Å². The Balaban J connectivity index is 0.000000356. The number of nitrogens with zero attached hydrogens (tertiary/aromatic N) is 1. The first-order chi connectivity index (χ1) is 16.8. The van der Waals surface area contributed by atoms with Crippen molar-refractivity contribution in [1.82, 2.24) is 15.2 Å². The number of fused-ring (bicyclic) bond motifs is 1. The largest absolute Gasteiger partial charge is 0.350 e. The molecule has 6 nitrogen and oxygen atoms in total. The maximum absolute atomic E-state index is 13.0. The summed E-state index contributed by atoms with van der Waals surface area (Å²) in [4.78, 5) is 42.8. The van der Waals surface area contributed by atoms with Gasteiger partial charge in [0.15, 0.2) is 5.78 Å². The summed E-state index contributed by atoms with van der Waals surface area (Å²) in [6.45, 7) is 4.82. The normalized spacial score (nSPS) is 19.3. The number of likely N-dealkylation sites (tertiary alicyclic amines) is 1. The average Bonchev–Trinajstić information content (AvgIpc) is 3.28. The van der Waals surface area contributed by atoms with Gasteiger partial charge in [0, 0.05) is 41.9 Å². The minimum absolute atomic E-state index is 0.0742. The second kappa shape index (κ2) is 10.2. The Morgan fingerprint density at radius 1 is 1.09 bits per heavy atom. The number of terminal acetylenes is 1. The van der Waals surface area contributed by atoms with Crippen LogP contribution in [0.3, 0.4) is 0 Å². The minimum Gasteiger partial charge on any atom is -0.350 e. The zero-order chi connectivity index (χ0) is 25.0. The van der Waals surface area contributed by atoms with Gasteiger partial charge in [0.2, 0.25) is 5.91 Å². The van der Waals surface area contributed by atoms with E-state index < -0.39 is 5.54 Å². The molecule has 0 bridgehead atoms. The van der Waals surface area contributed by atoms with Gasteiger partial charge in [-0.1, -0.05) is 54.8 Å². The van der Waals surface area contributed by atoms with E-state index in [0.29, 0.717) is 44.5 Å². The van der Waals surface area contributed by atoms with Gasteiger partial charge in [-0.25, -0.2) is 0 Å². The molecule has 2 aliphatic heterocycles. The summed E-state index contributed by atoms with van der Waals surface area (Å²) in [6.07, 6.45) is 7.41. The van der Waals surface area contributed by atoms with Crippen molar-refractivity contribution >= 4 is 28.5 Å². The Bertz CT molecular complexity index is 1280. The van der Waals surface area contributed by atoms with Gasteiger partial charge in [0.25, 0.3) is 5.91 Å². The maximum atomic E-state index is 13.0. The van der Waals surface area contributed by atoms with Crippen LogP contribution in [0.25, 0.3) is 10.9 Å². The van der Waals surface area contributed by atoms with Crippen LogP contribution in [-0.2, 0) is 9.59 Å². The van der Waals surface area contributed by atoms with Crippen molar-refractivity contribution in [2.24, 2.45) is 5.92 Å². The van der Waals surface area contributed by atoms with Gasteiger partial charge in [-0.15, -0.1) is 6.42 Å². The number of amides is 2. The highest BCUT2D eigenvalue weighted by Crippen LogP contribution is 2.31. The van der Waals surface area contributed by atoms with Crippen LogP contribution in [0.2, 0.25) is 0 Å². The molecular formula is C29H31N3O3. The summed E-state index contributed by atoms with van der Waals surface area (Å²) in [5.74, 6) is 2.40. The number of benzene rings is 2. The third-order valence-corrected chi connectivity index (χ3v) is 7.00. The van der Waals surface area contributed by atoms with Crippen LogP contribution < -0.4 is 5.32 Å². The molecule has 180 valence electrons. The van der Waals surface area contributed by atoms with Crippen LogP contribution in [0.4, 0.5) is 0 Å². The van der Waals surface area contributed by atoms with Crippen LogP contribution in [0.5, 0.6) is 0 Å². The van der Waals surface area contributed by atoms with Crippen LogP contribution in [0.15, 0.2) is 54.6 Å². The molecule has 2 aromatic carbocycles. The molecule has 2 N–H and O–H groups in total. The second-order valence-electron chi connectivity index (χ2n) is 9.48. The number of Topliss-reactive ketones (excluding diaryl/α,β-unsaturated/α-hetero) is 1. The summed E-state index contributed by atoms with van der Waals surface area (Å²) in [7, 11) is 0. The highest BCUT2D eigenvalue weighted by atomic mass is 16.2. The molecule has 3 aromatic rings. The Hall–Kier alpha value is -3.85. The first-order valence-corrected chi connectivity index (χ1v) is 12.1. The smallest absolute Gasteiger partial charge is 0.270 e. The van der Waals surface area contributed by atoms with Gasteiger partial charge < -0.3 is 15.2 Å². The fraction of sp³-hybridized carbons (Fsp3) is 0.345. The Kier molecular flexibility index (Phi) is 7.07. The number of hydrogen-bond donors (Lipinski definition) is 2. The molecule has 2 saturated heterocycles. The summed E-state index contributed by atoms with van der Waals surface area (Å²) in [5, 5.41) is 3.80. The molecule has 0 radical (unpaired) electrons. The standard InChI is InChI=1S/C22H23N3O3.C7H8/c1-3-15-5-4-6-17-16(15)13-18(23-17)21(28)25-11-9-22(10-12-25)20(27)14(2)7-8-19(26)24-22;1-7-5-3-2-4-6-7/h1,4-6,13-14,23H,7-12H2,2H3,(H,24,26);2-6H,1H3. The van der Waals surface area contributed by atoms with Gasteiger partial charge in [-0.3, -0.25) is 14.4 Å². The summed E-state index contributed by atoms with van der Waals surface area (Å²) in [5.41, 5.74) is 2.54. The number of aromatic amines is 1. The number of piperidine rings is 1. The number of hydrogen-bond acceptors (Lipinski definition) is 3. The molecule has 1 unspecified atom stereocenters. The van der Waals surface area contributed by atoms with E-state index in [2.05, 4.69) is 35.3 Å². The number of rotatable bonds is 1. The van der Waals surface area contributed by atoms with Crippen molar-refractivity contribution < 1.29 is 14.4 Å².